The van der Waals surface area contributed by atoms with E-state index >= 15 is 0 Å². The molecule has 0 saturated heterocycles. The summed E-state index contributed by atoms with van der Waals surface area (Å²) < 4.78 is 0. The maximum absolute atomic E-state index is 5.42. The molecule has 0 unspecified atom stereocenters. The summed E-state index contributed by atoms with van der Waals surface area (Å²) >= 11 is 0. The first-order chi connectivity index (χ1) is 18.7. The Bertz CT molecular complexity index is 306. The molecule has 0 aromatic rings. The van der Waals surface area contributed by atoms with Crippen molar-refractivity contribution in [2.45, 2.75) is 195 Å². The highest BCUT2D eigenvalue weighted by Gasteiger charge is 1.91. The highest BCUT2D eigenvalue weighted by atomic mass is 35.5. The predicted octanol–water partition coefficient (Wildman–Crippen LogP) is 11.7. The molecule has 4 nitrogen and oxygen atoms in total. The van der Waals surface area contributed by atoms with Crippen molar-refractivity contribution in [2.75, 3.05) is 26.2 Å². The van der Waals surface area contributed by atoms with Crippen LogP contribution in [-0.4, -0.2) is 26.2 Å². The number of unbranched alkanes of at least 4 members (excludes halogenated alkanes) is 22. The van der Waals surface area contributed by atoms with Crippen LogP contribution >= 0.6 is 49.6 Å². The number of hydrogen-bond donors (Lipinski definition) is 4. The van der Waals surface area contributed by atoms with E-state index in [9.17, 15) is 0 Å². The molecule has 0 radical (unpaired) electrons. The van der Waals surface area contributed by atoms with Crippen molar-refractivity contribution < 1.29 is 0 Å². The van der Waals surface area contributed by atoms with E-state index in [4.69, 9.17) is 22.9 Å². The van der Waals surface area contributed by atoms with E-state index in [1.54, 1.807) is 0 Å². The maximum Gasteiger partial charge on any atom is -0.00773 e. The molecule has 0 aliphatic heterocycles. The van der Waals surface area contributed by atoms with E-state index in [-0.39, 0.29) is 49.6 Å². The third kappa shape index (κ3) is 90.0. The van der Waals surface area contributed by atoms with Crippen LogP contribution in [0.1, 0.15) is 195 Å². The lowest BCUT2D eigenvalue weighted by atomic mass is 10.1. The maximum atomic E-state index is 5.42. The predicted molar refractivity (Wildman–Crippen MR) is 208 cm³/mol. The molecule has 0 aliphatic rings. The molecule has 0 aromatic carbocycles. The third-order valence-corrected chi connectivity index (χ3v) is 6.73. The summed E-state index contributed by atoms with van der Waals surface area (Å²) in [5.41, 5.74) is 21.3. The Hall–Kier alpha value is 1.00. The van der Waals surface area contributed by atoms with E-state index in [2.05, 4.69) is 27.7 Å². The van der Waals surface area contributed by atoms with Gasteiger partial charge in [-0.3, -0.25) is 0 Å². The fourth-order valence-corrected chi connectivity index (χ4v) is 4.04. The Labute approximate surface area is 292 Å². The van der Waals surface area contributed by atoms with Gasteiger partial charge >= 0.3 is 0 Å². The van der Waals surface area contributed by atoms with Gasteiger partial charge in [-0.1, -0.05) is 169 Å². The van der Waals surface area contributed by atoms with Crippen LogP contribution in [0.25, 0.3) is 0 Å². The summed E-state index contributed by atoms with van der Waals surface area (Å²) in [7, 11) is 0. The quantitative estimate of drug-likeness (QED) is 0.0678. The monoisotopic (exact) mass is 689 g/mol. The molecule has 42 heavy (non-hydrogen) atoms. The van der Waals surface area contributed by atoms with Gasteiger partial charge in [0.2, 0.25) is 0 Å². The highest BCUT2D eigenvalue weighted by molar-refractivity contribution is 5.86. The van der Waals surface area contributed by atoms with E-state index in [1.807, 2.05) is 0 Å². The van der Waals surface area contributed by atoms with Crippen LogP contribution in [0.15, 0.2) is 0 Å². The summed E-state index contributed by atoms with van der Waals surface area (Å²) in [5, 5.41) is 0. The van der Waals surface area contributed by atoms with E-state index in [0.29, 0.717) is 0 Å². The zero-order valence-electron chi connectivity index (χ0n) is 29.2. The number of nitrogens with two attached hydrogens (primary N) is 4. The van der Waals surface area contributed by atoms with Gasteiger partial charge in [-0.15, -0.1) is 49.6 Å². The van der Waals surface area contributed by atoms with Crippen LogP contribution in [0.2, 0.25) is 0 Å². The van der Waals surface area contributed by atoms with Gasteiger partial charge in [0.1, 0.15) is 0 Å². The zero-order chi connectivity index (χ0) is 29.2. The average molecular weight is 691 g/mol. The number of hydrogen-bond acceptors (Lipinski definition) is 4. The number of rotatable bonds is 26. The summed E-state index contributed by atoms with van der Waals surface area (Å²) in [4.78, 5) is 0. The minimum atomic E-state index is 0. The smallest absolute Gasteiger partial charge is 0.00773 e. The standard InChI is InChI=1S/C12H27N.C10H23N.C8H19N.C4H11N.4ClH/c1-2-3-4-5-6-7-8-9-10-11-12-13;1-2-3-4-5-6-7-8-9-10-11;1-2-3-4-5-6-7-8-9;1-2-3-4-5;;;;/h2-13H2,1H3;2-11H2,1H3;2-9H2,1H3;2-5H2,1H3;4*1H. The lowest BCUT2D eigenvalue weighted by Crippen LogP contribution is -1.97. The zero-order valence-corrected chi connectivity index (χ0v) is 32.4. The molecule has 0 bridgehead atoms. The van der Waals surface area contributed by atoms with Crippen LogP contribution < -0.4 is 22.9 Å². The SMILES string of the molecule is CCCCCCCCCCCCN.CCCCCCCCCCN.CCCCCCCCN.CCCCN.Cl.Cl.Cl.Cl. The third-order valence-electron chi connectivity index (χ3n) is 6.73. The first kappa shape index (κ1) is 61.9. The highest BCUT2D eigenvalue weighted by Crippen LogP contribution is 2.10. The van der Waals surface area contributed by atoms with Crippen LogP contribution in [0.3, 0.4) is 0 Å². The van der Waals surface area contributed by atoms with Gasteiger partial charge in [0.25, 0.3) is 0 Å². The molecule has 0 heterocycles. The molecule has 8 heteroatoms. The molecule has 0 amide bonds. The molecule has 0 saturated carbocycles. The molecule has 0 rings (SSSR count). The van der Waals surface area contributed by atoms with Crippen molar-refractivity contribution in [3.63, 3.8) is 0 Å². The van der Waals surface area contributed by atoms with Crippen molar-refractivity contribution in [1.29, 1.82) is 0 Å². The van der Waals surface area contributed by atoms with Crippen molar-refractivity contribution in [3.05, 3.63) is 0 Å². The second-order valence-corrected chi connectivity index (χ2v) is 10.9. The van der Waals surface area contributed by atoms with Gasteiger partial charge in [-0.25, -0.2) is 0 Å². The first-order valence-electron chi connectivity index (χ1n) is 17.5. The van der Waals surface area contributed by atoms with Crippen molar-refractivity contribution in [3.8, 4) is 0 Å². The molecule has 0 aliphatic carbocycles. The molecule has 268 valence electrons. The topological polar surface area (TPSA) is 104 Å². The Morgan fingerprint density at radius 2 is 0.357 bits per heavy atom. The first-order valence-corrected chi connectivity index (χ1v) is 17.5. The van der Waals surface area contributed by atoms with E-state index in [0.717, 1.165) is 26.2 Å². The van der Waals surface area contributed by atoms with Crippen molar-refractivity contribution >= 4 is 49.6 Å². The van der Waals surface area contributed by atoms with Crippen LogP contribution in [0.4, 0.5) is 0 Å². The van der Waals surface area contributed by atoms with Gasteiger partial charge in [-0.05, 0) is 51.9 Å². The van der Waals surface area contributed by atoms with Crippen molar-refractivity contribution in [2.24, 2.45) is 22.9 Å². The minimum absolute atomic E-state index is 0. The number of halogens is 4. The lowest BCUT2D eigenvalue weighted by molar-refractivity contribution is 0.558. The van der Waals surface area contributed by atoms with Crippen LogP contribution in [-0.2, 0) is 0 Å². The van der Waals surface area contributed by atoms with Gasteiger partial charge in [-0.2, -0.15) is 0 Å². The summed E-state index contributed by atoms with van der Waals surface area (Å²) in [6.07, 6.45) is 35.4. The molecular weight excluding hydrogens is 606 g/mol. The van der Waals surface area contributed by atoms with Crippen LogP contribution in [0, 0.1) is 0 Å². The molecule has 0 atom stereocenters. The molecule has 0 spiro atoms. The summed E-state index contributed by atoms with van der Waals surface area (Å²) in [6.45, 7) is 12.4. The average Bonchev–Trinajstić information content (AvgIpc) is 2.93. The minimum Gasteiger partial charge on any atom is -0.330 e. The second kappa shape index (κ2) is 73.5. The second-order valence-electron chi connectivity index (χ2n) is 10.9. The van der Waals surface area contributed by atoms with E-state index < -0.39 is 0 Å². The van der Waals surface area contributed by atoms with E-state index in [1.165, 1.54) is 167 Å². The molecule has 0 fully saturated rings. The van der Waals surface area contributed by atoms with Gasteiger partial charge in [0.15, 0.2) is 0 Å². The summed E-state index contributed by atoms with van der Waals surface area (Å²) in [6, 6.07) is 0. The largest absolute Gasteiger partial charge is 0.330 e. The Kier molecular flexibility index (Phi) is 108. The van der Waals surface area contributed by atoms with Crippen LogP contribution in [0.5, 0.6) is 0 Å². The van der Waals surface area contributed by atoms with Gasteiger partial charge in [0, 0.05) is 0 Å². The lowest BCUT2D eigenvalue weighted by Gasteiger charge is -2.00. The fraction of sp³-hybridized carbons (Fsp3) is 1.00. The molecule has 0 aromatic heterocycles. The van der Waals surface area contributed by atoms with Gasteiger partial charge in [0.05, 0.1) is 0 Å². The summed E-state index contributed by atoms with van der Waals surface area (Å²) in [5.74, 6) is 0. The normalized spacial score (nSPS) is 9.14. The Morgan fingerprint density at radius 1 is 0.214 bits per heavy atom. The van der Waals surface area contributed by atoms with Crippen molar-refractivity contribution in [1.82, 2.24) is 0 Å². The Balaban J connectivity index is -0.0000000616. The molecule has 8 N–H and O–H groups in total. The fourth-order valence-electron chi connectivity index (χ4n) is 4.04. The van der Waals surface area contributed by atoms with Gasteiger partial charge < -0.3 is 22.9 Å². The Morgan fingerprint density at radius 3 is 0.476 bits per heavy atom. The molecular formula is C34H84Cl4N4.